The number of nitrogens with one attached hydrogen (secondary N) is 2. The van der Waals surface area contributed by atoms with E-state index in [1.807, 2.05) is 23.1 Å². The second-order valence-electron chi connectivity index (χ2n) is 8.03. The lowest BCUT2D eigenvalue weighted by molar-refractivity contribution is -0.139. The molecule has 1 saturated heterocycles. The summed E-state index contributed by atoms with van der Waals surface area (Å²) in [6.45, 7) is 1.96. The van der Waals surface area contributed by atoms with Gasteiger partial charge in [-0.2, -0.15) is 0 Å². The van der Waals surface area contributed by atoms with Crippen LogP contribution < -0.4 is 10.6 Å². The summed E-state index contributed by atoms with van der Waals surface area (Å²) in [5.74, 6) is 0.208. The van der Waals surface area contributed by atoms with Crippen LogP contribution in [-0.4, -0.2) is 36.3 Å². The second kappa shape index (κ2) is 7.06. The molecule has 0 saturated carbocycles. The number of carbonyl (C=O) groups is 2. The predicted molar refractivity (Wildman–Crippen MR) is 107 cm³/mol. The van der Waals surface area contributed by atoms with Crippen molar-refractivity contribution in [2.24, 2.45) is 5.92 Å². The van der Waals surface area contributed by atoms with E-state index in [-0.39, 0.29) is 23.8 Å². The molecule has 5 heteroatoms. The van der Waals surface area contributed by atoms with Crippen LogP contribution in [0.25, 0.3) is 0 Å². The molecule has 3 atom stereocenters. The van der Waals surface area contributed by atoms with Gasteiger partial charge in [-0.3, -0.25) is 9.59 Å². The summed E-state index contributed by atoms with van der Waals surface area (Å²) in [5, 5.41) is 6.54. The van der Waals surface area contributed by atoms with Gasteiger partial charge in [-0.15, -0.1) is 0 Å². The maximum atomic E-state index is 13.4. The van der Waals surface area contributed by atoms with Gasteiger partial charge in [0.05, 0.1) is 12.0 Å². The van der Waals surface area contributed by atoms with Crippen LogP contribution in [0.3, 0.4) is 0 Å². The number of rotatable bonds is 2. The van der Waals surface area contributed by atoms with E-state index in [1.165, 1.54) is 11.1 Å². The van der Waals surface area contributed by atoms with Gasteiger partial charge < -0.3 is 15.5 Å². The Morgan fingerprint density at radius 2 is 1.86 bits per heavy atom. The molecular weight excluding hydrogens is 350 g/mol. The molecule has 2 aromatic carbocycles. The topological polar surface area (TPSA) is 61.4 Å². The molecule has 28 heavy (non-hydrogen) atoms. The summed E-state index contributed by atoms with van der Waals surface area (Å²) in [4.78, 5) is 27.6. The highest BCUT2D eigenvalue weighted by atomic mass is 16.2. The van der Waals surface area contributed by atoms with Crippen LogP contribution in [0.1, 0.15) is 52.0 Å². The fourth-order valence-electron chi connectivity index (χ4n) is 5.01. The smallest absolute Gasteiger partial charge is 0.251 e. The lowest BCUT2D eigenvalue weighted by Gasteiger charge is -2.43. The highest BCUT2D eigenvalue weighted by Gasteiger charge is 2.39. The minimum atomic E-state index is -0.0306. The predicted octanol–water partition coefficient (Wildman–Crippen LogP) is 2.60. The molecule has 0 radical (unpaired) electrons. The van der Waals surface area contributed by atoms with E-state index in [1.54, 1.807) is 0 Å². The Hall–Kier alpha value is -2.66. The largest absolute Gasteiger partial charge is 0.350 e. The first-order chi connectivity index (χ1) is 13.7. The van der Waals surface area contributed by atoms with Gasteiger partial charge in [0.1, 0.15) is 0 Å². The van der Waals surface area contributed by atoms with E-state index in [0.717, 1.165) is 36.9 Å². The maximum absolute atomic E-state index is 13.4. The van der Waals surface area contributed by atoms with Gasteiger partial charge in [0, 0.05) is 31.2 Å². The van der Waals surface area contributed by atoms with E-state index in [2.05, 4.69) is 41.0 Å². The van der Waals surface area contributed by atoms with Crippen LogP contribution in [0.4, 0.5) is 0 Å². The Bertz CT molecular complexity index is 903. The van der Waals surface area contributed by atoms with Crippen LogP contribution in [0.2, 0.25) is 0 Å². The van der Waals surface area contributed by atoms with E-state index >= 15 is 0 Å². The van der Waals surface area contributed by atoms with Crippen LogP contribution in [-0.2, 0) is 11.2 Å². The lowest BCUT2D eigenvalue weighted by Crippen LogP contribution is -2.52. The number of hydrogen-bond donors (Lipinski definition) is 2. The number of nitrogens with zero attached hydrogens (tertiary/aromatic N) is 1. The van der Waals surface area contributed by atoms with Crippen LogP contribution >= 0.6 is 0 Å². The lowest BCUT2D eigenvalue weighted by atomic mass is 9.84. The average molecular weight is 375 g/mol. The molecule has 0 bridgehead atoms. The number of amides is 2. The van der Waals surface area contributed by atoms with E-state index in [4.69, 9.17) is 0 Å². The molecule has 2 aromatic rings. The van der Waals surface area contributed by atoms with Gasteiger partial charge in [0.25, 0.3) is 5.91 Å². The highest BCUT2D eigenvalue weighted by Crippen LogP contribution is 2.36. The molecule has 0 aromatic heterocycles. The zero-order valence-electron chi connectivity index (χ0n) is 15.9. The summed E-state index contributed by atoms with van der Waals surface area (Å²) in [5.41, 5.74) is 4.31. The van der Waals surface area contributed by atoms with Gasteiger partial charge in [-0.25, -0.2) is 0 Å². The molecular formula is C23H25N3O2. The summed E-state index contributed by atoms with van der Waals surface area (Å²) in [6, 6.07) is 16.7. The molecule has 0 spiro atoms. The minimum absolute atomic E-state index is 0.00584. The fourth-order valence-corrected chi connectivity index (χ4v) is 5.01. The Morgan fingerprint density at radius 1 is 1.00 bits per heavy atom. The molecule has 3 heterocycles. The van der Waals surface area contributed by atoms with Gasteiger partial charge >= 0.3 is 0 Å². The maximum Gasteiger partial charge on any atom is 0.251 e. The fraction of sp³-hybridized carbons (Fsp3) is 0.391. The molecule has 3 aliphatic heterocycles. The molecule has 2 amide bonds. The molecule has 144 valence electrons. The van der Waals surface area contributed by atoms with Crippen molar-refractivity contribution in [2.75, 3.05) is 19.6 Å². The molecule has 1 fully saturated rings. The molecule has 2 N–H and O–H groups in total. The molecule has 0 aliphatic carbocycles. The standard InChI is InChI=1S/C23H25N3O2/c27-22-18-8-4-7-16-11-12-26(20(14-25-22)21(16)18)23(28)17-9-10-19(24-13-17)15-5-2-1-3-6-15/h1-8,17,19-20,24H,9-14H2,(H,25,27). The average Bonchev–Trinajstić information content (AvgIpc) is 2.76. The van der Waals surface area contributed by atoms with E-state index in [9.17, 15) is 9.59 Å². The summed E-state index contributed by atoms with van der Waals surface area (Å²) in [6.07, 6.45) is 2.69. The van der Waals surface area contributed by atoms with Gasteiger partial charge in [0.2, 0.25) is 5.91 Å². The zero-order valence-corrected chi connectivity index (χ0v) is 15.9. The third-order valence-electron chi connectivity index (χ3n) is 6.48. The first-order valence-corrected chi connectivity index (χ1v) is 10.2. The van der Waals surface area contributed by atoms with Crippen molar-refractivity contribution >= 4 is 11.8 Å². The van der Waals surface area contributed by atoms with Crippen LogP contribution in [0.5, 0.6) is 0 Å². The van der Waals surface area contributed by atoms with Gasteiger partial charge in [-0.05, 0) is 42.0 Å². The third kappa shape index (κ3) is 2.90. The number of hydrogen-bond acceptors (Lipinski definition) is 3. The van der Waals surface area contributed by atoms with Crippen molar-refractivity contribution in [2.45, 2.75) is 31.3 Å². The van der Waals surface area contributed by atoms with Crippen LogP contribution in [0.15, 0.2) is 48.5 Å². The number of carbonyl (C=O) groups excluding carboxylic acids is 2. The molecule has 5 rings (SSSR count). The second-order valence-corrected chi connectivity index (χ2v) is 8.03. The number of piperidine rings is 1. The van der Waals surface area contributed by atoms with Crippen molar-refractivity contribution in [1.29, 1.82) is 0 Å². The van der Waals surface area contributed by atoms with Crippen LogP contribution in [0, 0.1) is 5.92 Å². The number of benzene rings is 2. The first-order valence-electron chi connectivity index (χ1n) is 10.2. The Balaban J connectivity index is 1.32. The van der Waals surface area contributed by atoms with Crippen molar-refractivity contribution in [1.82, 2.24) is 15.5 Å². The minimum Gasteiger partial charge on any atom is -0.350 e. The third-order valence-corrected chi connectivity index (χ3v) is 6.48. The van der Waals surface area contributed by atoms with Crippen molar-refractivity contribution in [3.8, 4) is 0 Å². The van der Waals surface area contributed by atoms with Gasteiger partial charge in [-0.1, -0.05) is 42.5 Å². The molecule has 3 unspecified atom stereocenters. The SMILES string of the molecule is O=C1NCC2c3c(cccc31)CCN2C(=O)C1CCC(c2ccccc2)NC1. The summed E-state index contributed by atoms with van der Waals surface area (Å²) >= 11 is 0. The highest BCUT2D eigenvalue weighted by molar-refractivity contribution is 5.98. The monoisotopic (exact) mass is 375 g/mol. The van der Waals surface area contributed by atoms with E-state index < -0.39 is 0 Å². The Labute approximate surface area is 165 Å². The Morgan fingerprint density at radius 3 is 2.64 bits per heavy atom. The van der Waals surface area contributed by atoms with Crippen molar-refractivity contribution in [3.63, 3.8) is 0 Å². The van der Waals surface area contributed by atoms with Crippen molar-refractivity contribution < 1.29 is 9.59 Å². The molecule has 3 aliphatic rings. The Kier molecular flexibility index (Phi) is 4.40. The first kappa shape index (κ1) is 17.4. The van der Waals surface area contributed by atoms with Gasteiger partial charge in [0.15, 0.2) is 0 Å². The zero-order chi connectivity index (χ0) is 19.1. The normalized spacial score (nSPS) is 26.4. The van der Waals surface area contributed by atoms with Crippen molar-refractivity contribution in [3.05, 3.63) is 70.8 Å². The summed E-state index contributed by atoms with van der Waals surface area (Å²) < 4.78 is 0. The quantitative estimate of drug-likeness (QED) is 0.848. The molecule has 5 nitrogen and oxygen atoms in total. The summed E-state index contributed by atoms with van der Waals surface area (Å²) in [7, 11) is 0. The van der Waals surface area contributed by atoms with E-state index in [0.29, 0.717) is 19.1 Å².